The average molecular weight is 416 g/mol. The molecule has 0 aliphatic rings. The van der Waals surface area contributed by atoms with Crippen LogP contribution in [0.3, 0.4) is 0 Å². The molecule has 7 heteroatoms. The standard InChI is InChI=1S/C24H20N2O5/c1-28-20-13-8-16(14-21(20)29-2)23-22(25-15-30-23)24(27)26-17-9-11-19(12-10-17)31-18-6-4-3-5-7-18/h3-15H,1-2H3,(H,26,27). The largest absolute Gasteiger partial charge is 0.493 e. The van der Waals surface area contributed by atoms with Crippen LogP contribution in [-0.2, 0) is 0 Å². The van der Waals surface area contributed by atoms with Gasteiger partial charge in [-0.15, -0.1) is 0 Å². The number of ether oxygens (including phenoxy) is 3. The van der Waals surface area contributed by atoms with Crippen LogP contribution < -0.4 is 19.5 Å². The van der Waals surface area contributed by atoms with E-state index in [1.54, 1.807) is 56.7 Å². The molecule has 156 valence electrons. The van der Waals surface area contributed by atoms with Gasteiger partial charge in [0.1, 0.15) is 11.5 Å². The van der Waals surface area contributed by atoms with Crippen LogP contribution in [-0.4, -0.2) is 25.1 Å². The monoisotopic (exact) mass is 416 g/mol. The van der Waals surface area contributed by atoms with E-state index in [9.17, 15) is 4.79 Å². The molecule has 7 nitrogen and oxygen atoms in total. The number of amides is 1. The van der Waals surface area contributed by atoms with Gasteiger partial charge >= 0.3 is 0 Å². The van der Waals surface area contributed by atoms with Gasteiger partial charge in [-0.2, -0.15) is 0 Å². The Morgan fingerprint density at radius 1 is 0.871 bits per heavy atom. The second-order valence-electron chi connectivity index (χ2n) is 6.49. The van der Waals surface area contributed by atoms with Crippen LogP contribution in [0.2, 0.25) is 0 Å². The highest BCUT2D eigenvalue weighted by molar-refractivity contribution is 6.06. The Morgan fingerprint density at radius 3 is 2.29 bits per heavy atom. The molecule has 4 rings (SSSR count). The molecule has 0 fully saturated rings. The fraction of sp³-hybridized carbons (Fsp3) is 0.0833. The minimum absolute atomic E-state index is 0.164. The summed E-state index contributed by atoms with van der Waals surface area (Å²) in [5.74, 6) is 2.45. The van der Waals surface area contributed by atoms with Crippen molar-refractivity contribution in [3.8, 4) is 34.3 Å². The van der Waals surface area contributed by atoms with Crippen molar-refractivity contribution in [3.63, 3.8) is 0 Å². The van der Waals surface area contributed by atoms with Gasteiger partial charge in [-0.1, -0.05) is 18.2 Å². The molecule has 1 heterocycles. The summed E-state index contributed by atoms with van der Waals surface area (Å²) in [6, 6.07) is 21.8. The third kappa shape index (κ3) is 4.51. The van der Waals surface area contributed by atoms with Crippen LogP contribution in [0.5, 0.6) is 23.0 Å². The first-order chi connectivity index (χ1) is 15.2. The number of hydrogen-bond acceptors (Lipinski definition) is 6. The molecule has 0 radical (unpaired) electrons. The zero-order valence-corrected chi connectivity index (χ0v) is 17.0. The summed E-state index contributed by atoms with van der Waals surface area (Å²) in [6.45, 7) is 0. The fourth-order valence-electron chi connectivity index (χ4n) is 3.01. The number of benzene rings is 3. The summed E-state index contributed by atoms with van der Waals surface area (Å²) in [5, 5.41) is 2.82. The minimum atomic E-state index is -0.393. The number of para-hydroxylation sites is 1. The van der Waals surface area contributed by atoms with Crippen molar-refractivity contribution in [2.24, 2.45) is 0 Å². The van der Waals surface area contributed by atoms with Crippen molar-refractivity contribution < 1.29 is 23.4 Å². The van der Waals surface area contributed by atoms with Gasteiger partial charge in [0.05, 0.1) is 14.2 Å². The molecule has 0 spiro atoms. The zero-order chi connectivity index (χ0) is 21.6. The van der Waals surface area contributed by atoms with E-state index in [0.29, 0.717) is 34.3 Å². The highest BCUT2D eigenvalue weighted by Gasteiger charge is 2.20. The Labute approximate surface area is 179 Å². The molecule has 0 saturated heterocycles. The second-order valence-corrected chi connectivity index (χ2v) is 6.49. The van der Waals surface area contributed by atoms with Gasteiger partial charge in [0.15, 0.2) is 29.3 Å². The number of carbonyl (C=O) groups excluding carboxylic acids is 1. The maximum Gasteiger partial charge on any atom is 0.278 e. The highest BCUT2D eigenvalue weighted by Crippen LogP contribution is 2.33. The lowest BCUT2D eigenvalue weighted by atomic mass is 10.1. The Hall–Kier alpha value is -4.26. The van der Waals surface area contributed by atoms with Crippen LogP contribution in [0.15, 0.2) is 83.6 Å². The summed E-state index contributed by atoms with van der Waals surface area (Å²) in [7, 11) is 3.10. The van der Waals surface area contributed by atoms with E-state index in [1.165, 1.54) is 6.39 Å². The van der Waals surface area contributed by atoms with Crippen molar-refractivity contribution in [1.29, 1.82) is 0 Å². The number of oxazole rings is 1. The van der Waals surface area contributed by atoms with Crippen LogP contribution in [0, 0.1) is 0 Å². The third-order valence-electron chi connectivity index (χ3n) is 4.52. The number of rotatable bonds is 7. The quantitative estimate of drug-likeness (QED) is 0.434. The van der Waals surface area contributed by atoms with E-state index in [-0.39, 0.29) is 5.69 Å². The first-order valence-electron chi connectivity index (χ1n) is 9.48. The molecule has 1 amide bonds. The zero-order valence-electron chi connectivity index (χ0n) is 17.0. The number of nitrogens with zero attached hydrogens (tertiary/aromatic N) is 1. The van der Waals surface area contributed by atoms with Crippen molar-refractivity contribution in [2.75, 3.05) is 19.5 Å². The lowest BCUT2D eigenvalue weighted by Gasteiger charge is -2.09. The Balaban J connectivity index is 1.49. The summed E-state index contributed by atoms with van der Waals surface area (Å²) < 4.78 is 21.8. The molecule has 1 aromatic heterocycles. The Bertz CT molecular complexity index is 1170. The number of carbonyl (C=O) groups is 1. The van der Waals surface area contributed by atoms with E-state index < -0.39 is 5.91 Å². The second kappa shape index (κ2) is 9.04. The van der Waals surface area contributed by atoms with E-state index in [4.69, 9.17) is 18.6 Å². The molecule has 3 aromatic carbocycles. The summed E-state index contributed by atoms with van der Waals surface area (Å²) in [5.41, 5.74) is 1.41. The SMILES string of the molecule is COc1ccc(-c2ocnc2C(=O)Nc2ccc(Oc3ccccc3)cc2)cc1OC. The van der Waals surface area contributed by atoms with Crippen LogP contribution in [0.25, 0.3) is 11.3 Å². The molecule has 0 bridgehead atoms. The lowest BCUT2D eigenvalue weighted by Crippen LogP contribution is -2.13. The van der Waals surface area contributed by atoms with E-state index in [0.717, 1.165) is 5.75 Å². The minimum Gasteiger partial charge on any atom is -0.493 e. The number of hydrogen-bond donors (Lipinski definition) is 1. The highest BCUT2D eigenvalue weighted by atomic mass is 16.5. The first kappa shape index (κ1) is 20.0. The van der Waals surface area contributed by atoms with Gasteiger partial charge in [0.25, 0.3) is 5.91 Å². The van der Waals surface area contributed by atoms with Crippen molar-refractivity contribution in [2.45, 2.75) is 0 Å². The van der Waals surface area contributed by atoms with Crippen LogP contribution >= 0.6 is 0 Å². The van der Waals surface area contributed by atoms with Gasteiger partial charge in [-0.3, -0.25) is 4.79 Å². The molecule has 31 heavy (non-hydrogen) atoms. The van der Waals surface area contributed by atoms with Gasteiger partial charge in [0, 0.05) is 11.3 Å². The molecule has 0 atom stereocenters. The lowest BCUT2D eigenvalue weighted by molar-refractivity contribution is 0.102. The maximum absolute atomic E-state index is 12.8. The predicted octanol–water partition coefficient (Wildman–Crippen LogP) is 5.40. The first-order valence-corrected chi connectivity index (χ1v) is 9.48. The fourth-order valence-corrected chi connectivity index (χ4v) is 3.01. The number of anilines is 1. The van der Waals surface area contributed by atoms with Crippen LogP contribution in [0.4, 0.5) is 5.69 Å². The predicted molar refractivity (Wildman–Crippen MR) is 116 cm³/mol. The van der Waals surface area contributed by atoms with Crippen molar-refractivity contribution in [1.82, 2.24) is 4.98 Å². The molecule has 4 aromatic rings. The average Bonchev–Trinajstić information content (AvgIpc) is 3.31. The molecular formula is C24H20N2O5. The van der Waals surface area contributed by atoms with E-state index >= 15 is 0 Å². The topological polar surface area (TPSA) is 82.8 Å². The van der Waals surface area contributed by atoms with Gasteiger partial charge in [-0.25, -0.2) is 4.98 Å². The summed E-state index contributed by atoms with van der Waals surface area (Å²) >= 11 is 0. The van der Waals surface area contributed by atoms with Gasteiger partial charge < -0.3 is 23.9 Å². The number of nitrogens with one attached hydrogen (secondary N) is 1. The molecule has 1 N–H and O–H groups in total. The van der Waals surface area contributed by atoms with E-state index in [2.05, 4.69) is 10.3 Å². The van der Waals surface area contributed by atoms with Gasteiger partial charge in [0.2, 0.25) is 0 Å². The Kier molecular flexibility index (Phi) is 5.84. The molecule has 0 unspecified atom stereocenters. The van der Waals surface area contributed by atoms with Crippen LogP contribution in [0.1, 0.15) is 10.5 Å². The third-order valence-corrected chi connectivity index (χ3v) is 4.52. The number of aromatic nitrogens is 1. The molecular weight excluding hydrogens is 396 g/mol. The van der Waals surface area contributed by atoms with Gasteiger partial charge in [-0.05, 0) is 54.6 Å². The van der Waals surface area contributed by atoms with Crippen molar-refractivity contribution in [3.05, 3.63) is 84.9 Å². The summed E-state index contributed by atoms with van der Waals surface area (Å²) in [4.78, 5) is 16.9. The molecule has 0 aliphatic carbocycles. The molecule has 0 saturated carbocycles. The summed E-state index contributed by atoms with van der Waals surface area (Å²) in [6.07, 6.45) is 1.23. The number of methoxy groups -OCH3 is 2. The van der Waals surface area contributed by atoms with E-state index in [1.807, 2.05) is 30.3 Å². The normalized spacial score (nSPS) is 10.4. The smallest absolute Gasteiger partial charge is 0.278 e. The Morgan fingerprint density at radius 2 is 1.58 bits per heavy atom. The van der Waals surface area contributed by atoms with Crippen molar-refractivity contribution >= 4 is 11.6 Å². The maximum atomic E-state index is 12.8. The molecule has 0 aliphatic heterocycles.